The van der Waals surface area contributed by atoms with Crippen molar-refractivity contribution >= 4 is 17.7 Å². The summed E-state index contributed by atoms with van der Waals surface area (Å²) in [6, 6.07) is -0.689. The number of carbonyl (C=O) groups excluding carboxylic acids is 1. The summed E-state index contributed by atoms with van der Waals surface area (Å²) in [6.45, 7) is 2.41. The summed E-state index contributed by atoms with van der Waals surface area (Å²) in [4.78, 5) is 30.7. The number of fused-ring (bicyclic) bond motifs is 1. The number of amides is 1. The molecule has 3 heterocycles. The highest BCUT2D eigenvalue weighted by molar-refractivity contribution is 5.79. The van der Waals surface area contributed by atoms with Gasteiger partial charge >= 0.3 is 6.18 Å². The topological polar surface area (TPSA) is 93.7 Å². The number of alkyl halides is 3. The van der Waals surface area contributed by atoms with Crippen LogP contribution in [0.2, 0.25) is 0 Å². The third-order valence-corrected chi connectivity index (χ3v) is 4.60. The van der Waals surface area contributed by atoms with E-state index in [1.54, 1.807) is 0 Å². The molecule has 1 aromatic rings. The van der Waals surface area contributed by atoms with Crippen LogP contribution in [-0.2, 0) is 16.1 Å². The molecule has 11 heteroatoms. The number of aromatic nitrogens is 2. The van der Waals surface area contributed by atoms with E-state index in [-0.39, 0.29) is 30.8 Å². The molecule has 1 amide bonds. The van der Waals surface area contributed by atoms with E-state index in [1.807, 2.05) is 11.8 Å². The Balaban J connectivity index is 2.07. The van der Waals surface area contributed by atoms with Crippen molar-refractivity contribution in [1.29, 1.82) is 0 Å². The Bertz CT molecular complexity index is 751. The van der Waals surface area contributed by atoms with Gasteiger partial charge < -0.3 is 20.3 Å². The monoisotopic (exact) mass is 375 g/mol. The van der Waals surface area contributed by atoms with Crippen molar-refractivity contribution in [3.05, 3.63) is 16.4 Å². The number of primary amides is 1. The van der Waals surface area contributed by atoms with Gasteiger partial charge in [0.05, 0.1) is 19.3 Å². The van der Waals surface area contributed by atoms with E-state index in [1.165, 1.54) is 6.07 Å². The molecule has 0 saturated carbocycles. The fourth-order valence-corrected chi connectivity index (χ4v) is 3.36. The van der Waals surface area contributed by atoms with Crippen molar-refractivity contribution in [2.24, 2.45) is 5.73 Å². The lowest BCUT2D eigenvalue weighted by Crippen LogP contribution is -2.55. The van der Waals surface area contributed by atoms with Crippen molar-refractivity contribution in [1.82, 2.24) is 9.55 Å². The third kappa shape index (κ3) is 3.48. The number of anilines is 2. The Morgan fingerprint density at radius 3 is 2.77 bits per heavy atom. The van der Waals surface area contributed by atoms with Gasteiger partial charge in [0.2, 0.25) is 11.9 Å². The number of nitrogens with two attached hydrogens (primary N) is 1. The number of halogens is 3. The molecule has 2 aliphatic heterocycles. The van der Waals surface area contributed by atoms with E-state index in [0.29, 0.717) is 19.8 Å². The maximum absolute atomic E-state index is 13.4. The molecule has 2 aliphatic rings. The van der Waals surface area contributed by atoms with Crippen LogP contribution >= 0.6 is 0 Å². The number of hydrogen-bond donors (Lipinski definition) is 1. The molecular formula is C15H20F3N5O3. The molecule has 26 heavy (non-hydrogen) atoms. The lowest BCUT2D eigenvalue weighted by Gasteiger charge is -2.39. The maximum Gasteiger partial charge on any atom is 0.408 e. The molecule has 0 spiro atoms. The van der Waals surface area contributed by atoms with Crippen LogP contribution in [0.25, 0.3) is 0 Å². The summed E-state index contributed by atoms with van der Waals surface area (Å²) < 4.78 is 46.7. The Hall–Kier alpha value is -2.30. The first kappa shape index (κ1) is 18.5. The highest BCUT2D eigenvalue weighted by Crippen LogP contribution is 2.34. The van der Waals surface area contributed by atoms with Crippen LogP contribution in [0.3, 0.4) is 0 Å². The lowest BCUT2D eigenvalue weighted by atomic mass is 10.1. The fraction of sp³-hybridized carbons (Fsp3) is 0.667. The van der Waals surface area contributed by atoms with Crippen molar-refractivity contribution < 1.29 is 22.7 Å². The first-order valence-corrected chi connectivity index (χ1v) is 8.26. The molecule has 2 N–H and O–H groups in total. The molecule has 1 saturated heterocycles. The molecule has 0 radical (unpaired) electrons. The minimum atomic E-state index is -4.57. The minimum absolute atomic E-state index is 0.0784. The SMILES string of the molecule is C[C@@H]1COCCN1c1cc(=O)n2c(n1)N(CC(N)=O)[C@H](C(F)(F)F)CC2. The Morgan fingerprint density at radius 1 is 1.42 bits per heavy atom. The first-order chi connectivity index (χ1) is 12.2. The lowest BCUT2D eigenvalue weighted by molar-refractivity contribution is -0.153. The number of ether oxygens (including phenoxy) is 1. The second-order valence-corrected chi connectivity index (χ2v) is 6.46. The van der Waals surface area contributed by atoms with Gasteiger partial charge in [-0.05, 0) is 13.3 Å². The third-order valence-electron chi connectivity index (χ3n) is 4.60. The quantitative estimate of drug-likeness (QED) is 0.805. The van der Waals surface area contributed by atoms with Crippen molar-refractivity contribution in [3.8, 4) is 0 Å². The Kier molecular flexibility index (Phi) is 4.82. The summed E-state index contributed by atoms with van der Waals surface area (Å²) in [7, 11) is 0. The standard InChI is InChI=1S/C15H20F3N5O3/c1-9-8-26-5-4-21(9)12-6-13(25)22-3-2-10(15(16,17)18)23(7-11(19)24)14(22)20-12/h6,9-10H,2-5,7-8H2,1H3,(H2,19,24)/t9-,10+/m1/s1. The smallest absolute Gasteiger partial charge is 0.377 e. The van der Waals surface area contributed by atoms with Crippen LogP contribution in [0.5, 0.6) is 0 Å². The summed E-state index contributed by atoms with van der Waals surface area (Å²) in [5.41, 5.74) is 4.68. The molecule has 1 aromatic heterocycles. The number of nitrogens with zero attached hydrogens (tertiary/aromatic N) is 4. The second kappa shape index (κ2) is 6.78. The van der Waals surface area contributed by atoms with Gasteiger partial charge in [-0.15, -0.1) is 0 Å². The summed E-state index contributed by atoms with van der Waals surface area (Å²) in [6.07, 6.45) is -4.92. The summed E-state index contributed by atoms with van der Waals surface area (Å²) in [5.74, 6) is -0.833. The zero-order chi connectivity index (χ0) is 19.1. The van der Waals surface area contributed by atoms with Crippen LogP contribution < -0.4 is 21.1 Å². The summed E-state index contributed by atoms with van der Waals surface area (Å²) in [5, 5.41) is 0. The highest BCUT2D eigenvalue weighted by atomic mass is 19.4. The first-order valence-electron chi connectivity index (χ1n) is 8.26. The van der Waals surface area contributed by atoms with Crippen LogP contribution in [0.1, 0.15) is 13.3 Å². The average molecular weight is 375 g/mol. The van der Waals surface area contributed by atoms with Crippen LogP contribution in [0, 0.1) is 0 Å². The van der Waals surface area contributed by atoms with E-state index >= 15 is 0 Å². The molecule has 3 rings (SSSR count). The number of rotatable bonds is 3. The molecule has 0 aromatic carbocycles. The van der Waals surface area contributed by atoms with Crippen LogP contribution in [0.15, 0.2) is 10.9 Å². The van der Waals surface area contributed by atoms with Gasteiger partial charge in [0.15, 0.2) is 0 Å². The van der Waals surface area contributed by atoms with Gasteiger partial charge in [0.25, 0.3) is 5.56 Å². The molecular weight excluding hydrogens is 355 g/mol. The largest absolute Gasteiger partial charge is 0.408 e. The average Bonchev–Trinajstić information content (AvgIpc) is 2.54. The number of hydrogen-bond acceptors (Lipinski definition) is 6. The molecule has 0 aliphatic carbocycles. The Labute approximate surface area is 147 Å². The van der Waals surface area contributed by atoms with Crippen LogP contribution in [0.4, 0.5) is 24.9 Å². The van der Waals surface area contributed by atoms with E-state index < -0.39 is 30.2 Å². The van der Waals surface area contributed by atoms with Gasteiger partial charge in [0, 0.05) is 19.2 Å². The molecule has 0 bridgehead atoms. The number of morpholine rings is 1. The van der Waals surface area contributed by atoms with Crippen molar-refractivity contribution in [2.45, 2.75) is 38.1 Å². The van der Waals surface area contributed by atoms with Gasteiger partial charge in [-0.2, -0.15) is 18.2 Å². The predicted molar refractivity (Wildman–Crippen MR) is 87.1 cm³/mol. The zero-order valence-corrected chi connectivity index (χ0v) is 14.2. The van der Waals surface area contributed by atoms with E-state index in [4.69, 9.17) is 10.5 Å². The van der Waals surface area contributed by atoms with Crippen molar-refractivity contribution in [2.75, 3.05) is 36.1 Å². The molecule has 0 unspecified atom stereocenters. The zero-order valence-electron chi connectivity index (χ0n) is 14.2. The van der Waals surface area contributed by atoms with Gasteiger partial charge in [-0.1, -0.05) is 0 Å². The minimum Gasteiger partial charge on any atom is -0.377 e. The molecule has 8 nitrogen and oxygen atoms in total. The van der Waals surface area contributed by atoms with Crippen molar-refractivity contribution in [3.63, 3.8) is 0 Å². The summed E-state index contributed by atoms with van der Waals surface area (Å²) >= 11 is 0. The number of carbonyl (C=O) groups is 1. The molecule has 144 valence electrons. The highest BCUT2D eigenvalue weighted by Gasteiger charge is 2.47. The maximum atomic E-state index is 13.4. The van der Waals surface area contributed by atoms with Gasteiger partial charge in [0.1, 0.15) is 18.4 Å². The molecule has 2 atom stereocenters. The van der Waals surface area contributed by atoms with Gasteiger partial charge in [-0.3, -0.25) is 14.2 Å². The second-order valence-electron chi connectivity index (χ2n) is 6.46. The van der Waals surface area contributed by atoms with E-state index in [9.17, 15) is 22.8 Å². The normalized spacial score (nSPS) is 23.7. The van der Waals surface area contributed by atoms with Gasteiger partial charge in [-0.25, -0.2) is 0 Å². The van der Waals surface area contributed by atoms with Crippen LogP contribution in [-0.4, -0.2) is 60.0 Å². The Morgan fingerprint density at radius 2 is 2.15 bits per heavy atom. The predicted octanol–water partition coefficient (Wildman–Crippen LogP) is 0.0947. The van der Waals surface area contributed by atoms with E-state index in [0.717, 1.165) is 9.47 Å². The molecule has 1 fully saturated rings. The fourth-order valence-electron chi connectivity index (χ4n) is 3.36. The van der Waals surface area contributed by atoms with E-state index in [2.05, 4.69) is 4.98 Å².